The Bertz CT molecular complexity index is 2170. The summed E-state index contributed by atoms with van der Waals surface area (Å²) in [5.74, 6) is -0.926. The molecule has 0 atom stereocenters. The maximum Gasteiger partial charge on any atom is 0.269 e. The summed E-state index contributed by atoms with van der Waals surface area (Å²) in [5.41, 5.74) is 2.26. The molecule has 1 aliphatic rings. The molecule has 1 amide bonds. The van der Waals surface area contributed by atoms with Crippen molar-refractivity contribution >= 4 is 44.2 Å². The number of hydrogen-bond donors (Lipinski definition) is 1. The fraction of sp³-hybridized carbons (Fsp3) is 0.200. The predicted octanol–water partition coefficient (Wildman–Crippen LogP) is 6.42. The van der Waals surface area contributed by atoms with E-state index in [1.54, 1.807) is 17.8 Å². The highest BCUT2D eigenvalue weighted by molar-refractivity contribution is 7.16. The van der Waals surface area contributed by atoms with Crippen LogP contribution in [0.2, 0.25) is 0 Å². The van der Waals surface area contributed by atoms with E-state index < -0.39 is 23.1 Å². The molecule has 4 heterocycles. The van der Waals surface area contributed by atoms with Gasteiger partial charge in [0.25, 0.3) is 11.5 Å². The van der Waals surface area contributed by atoms with Crippen LogP contribution < -0.4 is 20.3 Å². The number of halogens is 2. The molecule has 13 heteroatoms. The molecule has 1 saturated heterocycles. The van der Waals surface area contributed by atoms with Gasteiger partial charge in [-0.15, -0.1) is 11.3 Å². The van der Waals surface area contributed by atoms with Gasteiger partial charge in [-0.3, -0.25) is 24.0 Å². The number of nitrogens with one attached hydrogen (secondary N) is 1. The van der Waals surface area contributed by atoms with E-state index in [0.29, 0.717) is 45.0 Å². The molecule has 3 aromatic carbocycles. The number of morpholine rings is 1. The maximum atomic E-state index is 15.3. The topological polar surface area (TPSA) is 108 Å². The molecule has 6 aromatic rings. The number of carbonyl (C=O) groups is 1. The maximum absolute atomic E-state index is 15.3. The summed E-state index contributed by atoms with van der Waals surface area (Å²) in [5, 5.41) is 3.26. The minimum atomic E-state index is -0.752. The molecular formula is C35H29F2N5O5S. The van der Waals surface area contributed by atoms with Gasteiger partial charge < -0.3 is 19.5 Å². The molecule has 0 unspecified atom stereocenters. The normalized spacial score (nSPS) is 13.5. The van der Waals surface area contributed by atoms with E-state index in [1.165, 1.54) is 58.4 Å². The van der Waals surface area contributed by atoms with Gasteiger partial charge in [0, 0.05) is 49.0 Å². The van der Waals surface area contributed by atoms with Crippen molar-refractivity contribution in [3.05, 3.63) is 112 Å². The Morgan fingerprint density at radius 2 is 1.77 bits per heavy atom. The minimum Gasteiger partial charge on any atom is -0.493 e. The number of amides is 1. The summed E-state index contributed by atoms with van der Waals surface area (Å²) in [6.07, 6.45) is 2.46. The van der Waals surface area contributed by atoms with Crippen molar-refractivity contribution in [1.82, 2.24) is 19.4 Å². The minimum absolute atomic E-state index is 0.0634. The van der Waals surface area contributed by atoms with Crippen molar-refractivity contribution in [2.75, 3.05) is 44.8 Å². The van der Waals surface area contributed by atoms with Gasteiger partial charge in [0.2, 0.25) is 0 Å². The molecule has 0 bridgehead atoms. The zero-order valence-corrected chi connectivity index (χ0v) is 26.3. The van der Waals surface area contributed by atoms with Crippen LogP contribution in [0.15, 0.2) is 89.3 Å². The third-order valence-corrected chi connectivity index (χ3v) is 8.72. The Labute approximate surface area is 277 Å². The van der Waals surface area contributed by atoms with Crippen molar-refractivity contribution in [3.8, 4) is 22.9 Å². The van der Waals surface area contributed by atoms with Crippen LogP contribution in [0.1, 0.15) is 16.8 Å². The number of carbonyl (C=O) groups excluding carboxylic acids is 1. The lowest BCUT2D eigenvalue weighted by molar-refractivity contribution is 0.0358. The van der Waals surface area contributed by atoms with E-state index in [0.717, 1.165) is 45.3 Å². The van der Waals surface area contributed by atoms with Gasteiger partial charge in [-0.05, 0) is 67.1 Å². The van der Waals surface area contributed by atoms with Gasteiger partial charge in [0.05, 0.1) is 42.1 Å². The van der Waals surface area contributed by atoms with E-state index in [1.807, 2.05) is 18.2 Å². The highest BCUT2D eigenvalue weighted by atomic mass is 32.1. The second-order valence-corrected chi connectivity index (χ2v) is 11.9. The zero-order valence-electron chi connectivity index (χ0n) is 25.5. The first kappa shape index (κ1) is 31.4. The number of hydrogen-bond acceptors (Lipinski definition) is 9. The van der Waals surface area contributed by atoms with Crippen LogP contribution in [0.25, 0.3) is 26.9 Å². The Morgan fingerprint density at radius 1 is 0.938 bits per heavy atom. The summed E-state index contributed by atoms with van der Waals surface area (Å²) in [7, 11) is 0. The van der Waals surface area contributed by atoms with Crippen molar-refractivity contribution in [2.45, 2.75) is 6.42 Å². The third-order valence-electron chi connectivity index (χ3n) is 7.90. The van der Waals surface area contributed by atoms with Crippen LogP contribution >= 0.6 is 11.3 Å². The molecule has 1 aliphatic heterocycles. The molecule has 0 aliphatic carbocycles. The van der Waals surface area contributed by atoms with E-state index in [-0.39, 0.29) is 17.0 Å². The van der Waals surface area contributed by atoms with Gasteiger partial charge >= 0.3 is 0 Å². The number of anilines is 1. The Balaban J connectivity index is 1.04. The van der Waals surface area contributed by atoms with Crippen LogP contribution in [0, 0.1) is 11.6 Å². The molecule has 1 fully saturated rings. The molecule has 1 N–H and O–H groups in total. The Hall–Kier alpha value is -5.24. The van der Waals surface area contributed by atoms with Gasteiger partial charge in [-0.2, -0.15) is 0 Å². The second kappa shape index (κ2) is 13.9. The molecule has 0 saturated carbocycles. The molecule has 3 aromatic heterocycles. The van der Waals surface area contributed by atoms with Crippen LogP contribution in [0.5, 0.6) is 17.2 Å². The van der Waals surface area contributed by atoms with Crippen LogP contribution in [-0.2, 0) is 4.74 Å². The monoisotopic (exact) mass is 669 g/mol. The van der Waals surface area contributed by atoms with Gasteiger partial charge in [-0.25, -0.2) is 13.8 Å². The molecule has 244 valence electrons. The highest BCUT2D eigenvalue weighted by Gasteiger charge is 2.20. The number of fused-ring (bicyclic) bond motifs is 2. The lowest BCUT2D eigenvalue weighted by Gasteiger charge is -2.26. The number of pyridine rings is 2. The number of ether oxygens (including phenoxy) is 3. The van der Waals surface area contributed by atoms with E-state index in [2.05, 4.69) is 20.2 Å². The summed E-state index contributed by atoms with van der Waals surface area (Å²) in [6.45, 7) is 4.92. The van der Waals surface area contributed by atoms with E-state index >= 15 is 4.39 Å². The van der Waals surface area contributed by atoms with Crippen LogP contribution in [0.3, 0.4) is 0 Å². The van der Waals surface area contributed by atoms with Gasteiger partial charge in [-0.1, -0.05) is 0 Å². The fourth-order valence-electron chi connectivity index (χ4n) is 5.48. The van der Waals surface area contributed by atoms with Crippen LogP contribution in [-0.4, -0.2) is 64.8 Å². The number of aromatic nitrogens is 3. The highest BCUT2D eigenvalue weighted by Crippen LogP contribution is 2.33. The molecule has 48 heavy (non-hydrogen) atoms. The second-order valence-electron chi connectivity index (χ2n) is 11.1. The Kier molecular flexibility index (Phi) is 9.05. The van der Waals surface area contributed by atoms with Gasteiger partial charge in [0.15, 0.2) is 11.6 Å². The molecule has 10 nitrogen and oxygen atoms in total. The number of rotatable bonds is 10. The van der Waals surface area contributed by atoms with E-state index in [9.17, 15) is 14.0 Å². The first-order valence-corrected chi connectivity index (χ1v) is 16.2. The summed E-state index contributed by atoms with van der Waals surface area (Å²) in [6, 6.07) is 17.8. The first-order chi connectivity index (χ1) is 23.4. The number of nitrogens with zero attached hydrogens (tertiary/aromatic N) is 4. The standard InChI is InChI=1S/C35H29F2N5O5S/c36-22-2-5-24(6-3-22)42-34(44)27(20-30-35(42)48-21-39-30)33(43)40-23-4-9-32(28(37)18-23)47-31-10-11-38-29-19-25(7-8-26(29)31)46-15-1-12-41-13-16-45-17-14-41/h2-11,18-21H,1,12-17H2,(H,40,43). The lowest BCUT2D eigenvalue weighted by atomic mass is 10.2. The fourth-order valence-corrected chi connectivity index (χ4v) is 6.27. The zero-order chi connectivity index (χ0) is 33.0. The lowest BCUT2D eigenvalue weighted by Crippen LogP contribution is -2.37. The van der Waals surface area contributed by atoms with Gasteiger partial charge in [0.1, 0.15) is 27.7 Å². The third kappa shape index (κ3) is 6.74. The van der Waals surface area contributed by atoms with Crippen molar-refractivity contribution < 1.29 is 27.8 Å². The number of thiazole rings is 1. The number of benzene rings is 3. The SMILES string of the molecule is O=C(Nc1ccc(Oc2ccnc3cc(OCCCN4CCOCC4)ccc23)c(F)c1)c1cc2ncsc2n(-c2ccc(F)cc2)c1=O. The van der Waals surface area contributed by atoms with Crippen LogP contribution in [0.4, 0.5) is 14.5 Å². The predicted molar refractivity (Wildman–Crippen MR) is 179 cm³/mol. The summed E-state index contributed by atoms with van der Waals surface area (Å²) < 4.78 is 47.4. The van der Waals surface area contributed by atoms with Crippen molar-refractivity contribution in [2.24, 2.45) is 0 Å². The molecule has 0 radical (unpaired) electrons. The van der Waals surface area contributed by atoms with E-state index in [4.69, 9.17) is 14.2 Å². The average Bonchev–Trinajstić information content (AvgIpc) is 3.57. The smallest absolute Gasteiger partial charge is 0.269 e. The van der Waals surface area contributed by atoms with Crippen molar-refractivity contribution in [1.29, 1.82) is 0 Å². The Morgan fingerprint density at radius 3 is 2.58 bits per heavy atom. The van der Waals surface area contributed by atoms with Crippen molar-refractivity contribution in [3.63, 3.8) is 0 Å². The largest absolute Gasteiger partial charge is 0.493 e. The molecule has 0 spiro atoms. The molecule has 7 rings (SSSR count). The molecular weight excluding hydrogens is 640 g/mol. The summed E-state index contributed by atoms with van der Waals surface area (Å²) in [4.78, 5) is 38.3. The first-order valence-electron chi connectivity index (χ1n) is 15.3. The summed E-state index contributed by atoms with van der Waals surface area (Å²) >= 11 is 1.21. The quantitative estimate of drug-likeness (QED) is 0.167. The average molecular weight is 670 g/mol.